The first-order chi connectivity index (χ1) is 32.5. The second kappa shape index (κ2) is 13.7. The Morgan fingerprint density at radius 3 is 1.65 bits per heavy atom. The third kappa shape index (κ3) is 4.91. The summed E-state index contributed by atoms with van der Waals surface area (Å²) in [6.07, 6.45) is 0. The minimum atomic E-state index is -0.482. The molecule has 2 heteroatoms. The number of fused-ring (bicyclic) bond motifs is 16. The summed E-state index contributed by atoms with van der Waals surface area (Å²) in [7, 11) is 0. The average Bonchev–Trinajstić information content (AvgIpc) is 4.07. The highest BCUT2D eigenvalue weighted by molar-refractivity contribution is 6.13. The van der Waals surface area contributed by atoms with E-state index in [0.717, 1.165) is 61.3 Å². The lowest BCUT2D eigenvalue weighted by atomic mass is 9.70. The lowest BCUT2D eigenvalue weighted by Gasteiger charge is -2.33. The number of benzene rings is 10. The van der Waals surface area contributed by atoms with Gasteiger partial charge >= 0.3 is 0 Å². The van der Waals surface area contributed by atoms with Crippen LogP contribution in [-0.2, 0) is 10.8 Å². The van der Waals surface area contributed by atoms with Crippen molar-refractivity contribution in [3.63, 3.8) is 0 Å². The Bertz CT molecular complexity index is 3770. The number of hydrogen-bond acceptors (Lipinski definition) is 2. The monoisotopic (exact) mass is 841 g/mol. The van der Waals surface area contributed by atoms with Crippen LogP contribution in [0.5, 0.6) is 0 Å². The van der Waals surface area contributed by atoms with E-state index in [4.69, 9.17) is 4.42 Å². The number of hydrogen-bond donors (Lipinski definition) is 0. The average molecular weight is 842 g/mol. The zero-order valence-electron chi connectivity index (χ0n) is 36.7. The van der Waals surface area contributed by atoms with E-state index < -0.39 is 5.41 Å². The van der Waals surface area contributed by atoms with Crippen LogP contribution in [0.1, 0.15) is 47.2 Å². The van der Waals surface area contributed by atoms with E-state index in [9.17, 15) is 0 Å². The third-order valence-electron chi connectivity index (χ3n) is 15.1. The van der Waals surface area contributed by atoms with Gasteiger partial charge in [-0.25, -0.2) is 0 Å². The van der Waals surface area contributed by atoms with Gasteiger partial charge in [0, 0.05) is 33.0 Å². The number of rotatable bonds is 5. The molecule has 11 aromatic rings. The fourth-order valence-corrected chi connectivity index (χ4v) is 12.3. The van der Waals surface area contributed by atoms with Crippen LogP contribution in [0.15, 0.2) is 229 Å². The molecule has 0 N–H and O–H groups in total. The van der Waals surface area contributed by atoms with Gasteiger partial charge in [-0.2, -0.15) is 0 Å². The molecule has 0 radical (unpaired) electrons. The SMILES string of the molecule is CC1(C)c2ccccc2-c2ccc(N(c3cc(-c4cccc5oc6ccccc6c45)ccc3-c3ccccc3)c3cccc4c3-c3ccccc3C43c4ccccc4-c4ccccc43)cc21. The van der Waals surface area contributed by atoms with Crippen LogP contribution in [0.4, 0.5) is 17.1 Å². The van der Waals surface area contributed by atoms with Gasteiger partial charge in [-0.05, 0) is 114 Å². The number of furan rings is 1. The molecule has 1 spiro atoms. The summed E-state index contributed by atoms with van der Waals surface area (Å²) >= 11 is 0. The van der Waals surface area contributed by atoms with Gasteiger partial charge in [0.05, 0.1) is 16.8 Å². The topological polar surface area (TPSA) is 16.4 Å². The summed E-state index contributed by atoms with van der Waals surface area (Å²) in [5.74, 6) is 0. The number of nitrogens with zero attached hydrogens (tertiary/aromatic N) is 1. The molecule has 3 aliphatic carbocycles. The Hall–Kier alpha value is -8.20. The summed E-state index contributed by atoms with van der Waals surface area (Å²) in [6.45, 7) is 4.76. The standard InChI is InChI=1S/C64H43NO/c1-63(2)51-26-11-6-20-45(51)48-37-35-42(39-56(48)63)65(58-38-41(34-36-43(58)40-18-4-3-5-19-40)44-25-16-33-60-61(44)50-24-10-15-32-59(50)66-60)57-31-17-30-55-62(57)49-23-9-14-29-54(49)64(55)52-27-12-7-21-46(52)47-22-8-13-28-53(47)64/h3-39H,1-2H3. The maximum atomic E-state index is 6.48. The van der Waals surface area contributed by atoms with Crippen LogP contribution in [0, 0.1) is 0 Å². The van der Waals surface area contributed by atoms with Gasteiger partial charge in [-0.15, -0.1) is 0 Å². The van der Waals surface area contributed by atoms with Crippen LogP contribution >= 0.6 is 0 Å². The van der Waals surface area contributed by atoms with Gasteiger partial charge in [0.25, 0.3) is 0 Å². The zero-order valence-corrected chi connectivity index (χ0v) is 36.7. The molecule has 14 rings (SSSR count). The molecule has 66 heavy (non-hydrogen) atoms. The maximum Gasteiger partial charge on any atom is 0.136 e. The first-order valence-corrected chi connectivity index (χ1v) is 23.1. The van der Waals surface area contributed by atoms with Crippen LogP contribution in [0.3, 0.4) is 0 Å². The molecule has 0 saturated heterocycles. The van der Waals surface area contributed by atoms with Crippen LogP contribution in [-0.4, -0.2) is 0 Å². The van der Waals surface area contributed by atoms with Crippen LogP contribution < -0.4 is 4.90 Å². The first-order valence-electron chi connectivity index (χ1n) is 23.1. The molecule has 0 bridgehead atoms. The van der Waals surface area contributed by atoms with E-state index in [0.29, 0.717) is 0 Å². The zero-order chi connectivity index (χ0) is 43.7. The molecule has 0 aliphatic heterocycles. The first kappa shape index (κ1) is 37.2. The van der Waals surface area contributed by atoms with Gasteiger partial charge in [0.2, 0.25) is 0 Å². The summed E-state index contributed by atoms with van der Waals surface area (Å²) in [5, 5.41) is 2.25. The van der Waals surface area contributed by atoms with Crippen molar-refractivity contribution >= 4 is 39.0 Å². The molecule has 310 valence electrons. The minimum absolute atomic E-state index is 0.192. The Morgan fingerprint density at radius 1 is 0.348 bits per heavy atom. The van der Waals surface area contributed by atoms with E-state index in [1.807, 2.05) is 0 Å². The van der Waals surface area contributed by atoms with Crippen molar-refractivity contribution in [3.05, 3.63) is 258 Å². The molecule has 0 unspecified atom stereocenters. The molecule has 1 aromatic heterocycles. The molecule has 10 aromatic carbocycles. The van der Waals surface area contributed by atoms with Crippen molar-refractivity contribution in [2.45, 2.75) is 24.7 Å². The lowest BCUT2D eigenvalue weighted by Crippen LogP contribution is -2.26. The molecular weight excluding hydrogens is 799 g/mol. The molecule has 1 heterocycles. The Balaban J connectivity index is 1.10. The predicted molar refractivity (Wildman–Crippen MR) is 273 cm³/mol. The van der Waals surface area contributed by atoms with Gasteiger partial charge in [-0.3, -0.25) is 0 Å². The summed E-state index contributed by atoms with van der Waals surface area (Å²) in [6, 6.07) is 83.4. The highest BCUT2D eigenvalue weighted by atomic mass is 16.3. The van der Waals surface area contributed by atoms with Crippen molar-refractivity contribution in [1.29, 1.82) is 0 Å². The largest absolute Gasteiger partial charge is 0.456 e. The maximum absolute atomic E-state index is 6.48. The van der Waals surface area contributed by atoms with Crippen LogP contribution in [0.2, 0.25) is 0 Å². The molecule has 0 fully saturated rings. The smallest absolute Gasteiger partial charge is 0.136 e. The number of anilines is 3. The van der Waals surface area contributed by atoms with Gasteiger partial charge in [-0.1, -0.05) is 202 Å². The molecule has 0 amide bonds. The molecule has 0 saturated carbocycles. The summed E-state index contributed by atoms with van der Waals surface area (Å²) < 4.78 is 6.48. The van der Waals surface area contributed by atoms with E-state index in [2.05, 4.69) is 243 Å². The summed E-state index contributed by atoms with van der Waals surface area (Å²) in [5.41, 5.74) is 24.8. The van der Waals surface area contributed by atoms with Crippen molar-refractivity contribution in [2.75, 3.05) is 4.90 Å². The quantitative estimate of drug-likeness (QED) is 0.172. The molecule has 2 nitrogen and oxygen atoms in total. The van der Waals surface area contributed by atoms with Crippen molar-refractivity contribution < 1.29 is 4.42 Å². The van der Waals surface area contributed by atoms with E-state index >= 15 is 0 Å². The van der Waals surface area contributed by atoms with E-state index in [-0.39, 0.29) is 5.41 Å². The second-order valence-corrected chi connectivity index (χ2v) is 18.7. The van der Waals surface area contributed by atoms with Gasteiger partial charge < -0.3 is 9.32 Å². The van der Waals surface area contributed by atoms with Crippen molar-refractivity contribution in [1.82, 2.24) is 0 Å². The third-order valence-corrected chi connectivity index (χ3v) is 15.1. The Kier molecular flexibility index (Phi) is 7.70. The number of para-hydroxylation sites is 1. The van der Waals surface area contributed by atoms with E-state index in [1.165, 1.54) is 66.8 Å². The van der Waals surface area contributed by atoms with Crippen molar-refractivity contribution in [2.24, 2.45) is 0 Å². The van der Waals surface area contributed by atoms with E-state index in [1.54, 1.807) is 0 Å². The van der Waals surface area contributed by atoms with Gasteiger partial charge in [0.1, 0.15) is 11.2 Å². The fraction of sp³-hybridized carbons (Fsp3) is 0.0625. The molecule has 0 atom stereocenters. The van der Waals surface area contributed by atoms with Gasteiger partial charge in [0.15, 0.2) is 0 Å². The van der Waals surface area contributed by atoms with Crippen molar-refractivity contribution in [3.8, 4) is 55.6 Å². The fourth-order valence-electron chi connectivity index (χ4n) is 12.3. The summed E-state index contributed by atoms with van der Waals surface area (Å²) in [4.78, 5) is 2.58. The lowest BCUT2D eigenvalue weighted by molar-refractivity contribution is 0.660. The Morgan fingerprint density at radius 2 is 0.894 bits per heavy atom. The highest BCUT2D eigenvalue weighted by Gasteiger charge is 2.52. The Labute approximate surface area is 384 Å². The second-order valence-electron chi connectivity index (χ2n) is 18.7. The normalized spacial score (nSPS) is 14.2. The minimum Gasteiger partial charge on any atom is -0.456 e. The predicted octanol–water partition coefficient (Wildman–Crippen LogP) is 17.0. The van der Waals surface area contributed by atoms with Crippen LogP contribution in [0.25, 0.3) is 77.6 Å². The molecular formula is C64H43NO. The molecule has 3 aliphatic rings. The highest BCUT2D eigenvalue weighted by Crippen LogP contribution is 2.65.